The first kappa shape index (κ1) is 26.9. The number of benzene rings is 3. The lowest BCUT2D eigenvalue weighted by atomic mass is 10.1. The van der Waals surface area contributed by atoms with Gasteiger partial charge in [0.05, 0.1) is 19.1 Å². The first-order valence-electron chi connectivity index (χ1n) is 11.9. The Morgan fingerprint density at radius 2 is 1.47 bits per heavy atom. The minimum atomic E-state index is -4.50. The number of aromatic hydroxyl groups is 1. The molecule has 8 nitrogen and oxygen atoms in total. The maximum absolute atomic E-state index is 13.7. The third kappa shape index (κ3) is 4.99. The van der Waals surface area contributed by atoms with Crippen LogP contribution in [0, 0.1) is 5.82 Å². The monoisotopic (exact) mass is 538 g/mol. The van der Waals surface area contributed by atoms with E-state index < -0.39 is 26.2 Å². The highest BCUT2D eigenvalue weighted by Gasteiger charge is 2.31. The summed E-state index contributed by atoms with van der Waals surface area (Å²) in [7, 11) is -1.64. The number of halogens is 1. The van der Waals surface area contributed by atoms with E-state index in [1.807, 2.05) is 6.92 Å². The van der Waals surface area contributed by atoms with E-state index in [1.165, 1.54) is 43.1 Å². The van der Waals surface area contributed by atoms with Gasteiger partial charge in [-0.3, -0.25) is 9.36 Å². The predicted molar refractivity (Wildman–Crippen MR) is 141 cm³/mol. The van der Waals surface area contributed by atoms with Gasteiger partial charge in [0, 0.05) is 6.42 Å². The summed E-state index contributed by atoms with van der Waals surface area (Å²) < 4.78 is 52.7. The molecule has 0 saturated heterocycles. The van der Waals surface area contributed by atoms with Crippen LogP contribution in [0.2, 0.25) is 0 Å². The Morgan fingerprint density at radius 1 is 0.921 bits per heavy atom. The highest BCUT2D eigenvalue weighted by atomic mass is 32.2. The number of rotatable bonds is 9. The van der Waals surface area contributed by atoms with Crippen molar-refractivity contribution < 1.29 is 27.4 Å². The van der Waals surface area contributed by atoms with Gasteiger partial charge in [-0.25, -0.2) is 12.8 Å². The summed E-state index contributed by atoms with van der Waals surface area (Å²) in [5.74, 6) is -0.435. The Kier molecular flexibility index (Phi) is 7.82. The molecule has 0 atom stereocenters. The fraction of sp³-hybridized carbons (Fsp3) is 0.214. The summed E-state index contributed by atoms with van der Waals surface area (Å²) in [6.07, 6.45) is 1.72. The van der Waals surface area contributed by atoms with Crippen LogP contribution in [0.15, 0.2) is 81.3 Å². The maximum Gasteiger partial charge on any atom is 0.296 e. The van der Waals surface area contributed by atoms with E-state index in [4.69, 9.17) is 9.47 Å². The number of aryl methyl sites for hydroxylation is 1. The Morgan fingerprint density at radius 3 is 2.00 bits per heavy atom. The Bertz CT molecular complexity index is 1590. The number of nitrogens with zero attached hydrogens (tertiary/aromatic N) is 2. The van der Waals surface area contributed by atoms with Crippen molar-refractivity contribution in [2.24, 2.45) is 0 Å². The number of aromatic nitrogens is 2. The lowest BCUT2D eigenvalue weighted by Crippen LogP contribution is -2.25. The summed E-state index contributed by atoms with van der Waals surface area (Å²) in [6, 6.07) is 16.4. The van der Waals surface area contributed by atoms with Gasteiger partial charge in [-0.05, 0) is 53.9 Å². The van der Waals surface area contributed by atoms with E-state index >= 15 is 0 Å². The van der Waals surface area contributed by atoms with Crippen molar-refractivity contribution in [1.82, 2.24) is 9.55 Å². The second-order valence-electron chi connectivity index (χ2n) is 8.47. The van der Waals surface area contributed by atoms with Crippen LogP contribution in [0.1, 0.15) is 25.6 Å². The number of hydrogen-bond acceptors (Lipinski definition) is 7. The minimum Gasteiger partial charge on any atom is -0.494 e. The molecule has 0 aliphatic rings. The molecule has 0 fully saturated rings. The summed E-state index contributed by atoms with van der Waals surface area (Å²) >= 11 is 0. The van der Waals surface area contributed by atoms with Crippen molar-refractivity contribution in [3.63, 3.8) is 0 Å². The molecule has 0 aliphatic carbocycles. The van der Waals surface area contributed by atoms with Crippen molar-refractivity contribution in [3.8, 4) is 34.2 Å². The molecule has 1 N–H and O–H groups in total. The summed E-state index contributed by atoms with van der Waals surface area (Å²) in [4.78, 5) is 16.1. The smallest absolute Gasteiger partial charge is 0.296 e. The zero-order chi connectivity index (χ0) is 27.4. The van der Waals surface area contributed by atoms with Crippen LogP contribution in [0.25, 0.3) is 16.8 Å². The van der Waals surface area contributed by atoms with Crippen molar-refractivity contribution in [3.05, 3.63) is 88.7 Å². The number of para-hydroxylation sites is 1. The number of methoxy groups -OCH3 is 2. The SMILES string of the molecule is CCCCc1nc(=O)c(S(=O)(=O)c2ccc(-c3ccc(F)cc3)cc2)c(O)n1-c1c(OC)cccc1OC. The minimum absolute atomic E-state index is 0.169. The molecule has 4 aromatic rings. The topological polar surface area (TPSA) is 108 Å². The predicted octanol–water partition coefficient (Wildman–Crippen LogP) is 4.94. The van der Waals surface area contributed by atoms with Crippen LogP contribution < -0.4 is 15.0 Å². The molecular formula is C28H27FN2O6S. The molecule has 0 bridgehead atoms. The molecule has 0 amide bonds. The second kappa shape index (κ2) is 11.1. The molecule has 4 rings (SSSR count). The zero-order valence-electron chi connectivity index (χ0n) is 21.1. The Balaban J connectivity index is 1.92. The molecule has 0 spiro atoms. The summed E-state index contributed by atoms with van der Waals surface area (Å²) in [5.41, 5.74) is 0.487. The largest absolute Gasteiger partial charge is 0.494 e. The average molecular weight is 539 g/mol. The first-order chi connectivity index (χ1) is 18.2. The van der Waals surface area contributed by atoms with Gasteiger partial charge in [-0.15, -0.1) is 0 Å². The van der Waals surface area contributed by atoms with Crippen molar-refractivity contribution in [1.29, 1.82) is 0 Å². The van der Waals surface area contributed by atoms with Gasteiger partial charge in [0.15, 0.2) is 4.90 Å². The van der Waals surface area contributed by atoms with E-state index in [0.717, 1.165) is 6.42 Å². The summed E-state index contributed by atoms with van der Waals surface area (Å²) in [5, 5.41) is 11.4. The van der Waals surface area contributed by atoms with Crippen LogP contribution in [0.4, 0.5) is 4.39 Å². The summed E-state index contributed by atoms with van der Waals surface area (Å²) in [6.45, 7) is 1.96. The molecule has 1 heterocycles. The molecule has 0 unspecified atom stereocenters. The van der Waals surface area contributed by atoms with Crippen LogP contribution in [-0.2, 0) is 16.3 Å². The molecule has 0 saturated carbocycles. The quantitative estimate of drug-likeness (QED) is 0.322. The number of unbranched alkanes of at least 4 members (excludes halogenated alkanes) is 1. The van der Waals surface area contributed by atoms with Crippen LogP contribution in [0.3, 0.4) is 0 Å². The molecule has 10 heteroatoms. The van der Waals surface area contributed by atoms with Gasteiger partial charge >= 0.3 is 0 Å². The second-order valence-corrected chi connectivity index (χ2v) is 10.4. The van der Waals surface area contributed by atoms with Gasteiger partial charge in [0.1, 0.15) is 28.8 Å². The first-order valence-corrected chi connectivity index (χ1v) is 13.4. The molecule has 198 valence electrons. The van der Waals surface area contributed by atoms with Crippen LogP contribution >= 0.6 is 0 Å². The molecular weight excluding hydrogens is 511 g/mol. The van der Waals surface area contributed by atoms with E-state index in [1.54, 1.807) is 42.5 Å². The van der Waals surface area contributed by atoms with E-state index in [2.05, 4.69) is 4.98 Å². The fourth-order valence-corrected chi connectivity index (χ4v) is 5.49. The number of ether oxygens (including phenoxy) is 2. The molecule has 0 radical (unpaired) electrons. The Labute approximate surface area is 219 Å². The molecule has 38 heavy (non-hydrogen) atoms. The van der Waals surface area contributed by atoms with E-state index in [9.17, 15) is 22.7 Å². The average Bonchev–Trinajstić information content (AvgIpc) is 2.91. The van der Waals surface area contributed by atoms with Crippen molar-refractivity contribution in [2.75, 3.05) is 14.2 Å². The lowest BCUT2D eigenvalue weighted by Gasteiger charge is -2.21. The van der Waals surface area contributed by atoms with E-state index in [0.29, 0.717) is 24.0 Å². The molecule has 1 aromatic heterocycles. The normalized spacial score (nSPS) is 11.4. The standard InChI is InChI=1S/C28H27FN2O6S/c1-4-5-9-24-30-27(32)26(28(33)31(24)25-22(36-2)7-6-8-23(25)37-3)38(34,35)21-16-12-19(13-17-21)18-10-14-20(29)15-11-18/h6-8,10-17,33H,4-5,9H2,1-3H3. The van der Waals surface area contributed by atoms with Gasteiger partial charge < -0.3 is 14.6 Å². The van der Waals surface area contributed by atoms with Gasteiger partial charge in [0.2, 0.25) is 15.7 Å². The van der Waals surface area contributed by atoms with Gasteiger partial charge in [0.25, 0.3) is 5.56 Å². The third-order valence-corrected chi connectivity index (χ3v) is 7.88. The fourth-order valence-electron chi connectivity index (χ4n) is 4.15. The van der Waals surface area contributed by atoms with Gasteiger partial charge in [-0.1, -0.05) is 43.7 Å². The molecule has 0 aliphatic heterocycles. The number of sulfone groups is 1. The third-order valence-electron chi connectivity index (χ3n) is 6.09. The van der Waals surface area contributed by atoms with Crippen LogP contribution in [0.5, 0.6) is 17.4 Å². The number of hydrogen-bond donors (Lipinski definition) is 1. The van der Waals surface area contributed by atoms with Crippen molar-refractivity contribution in [2.45, 2.75) is 36.0 Å². The highest BCUT2D eigenvalue weighted by Crippen LogP contribution is 2.38. The lowest BCUT2D eigenvalue weighted by molar-refractivity contribution is 0.374. The van der Waals surface area contributed by atoms with Crippen LogP contribution in [-0.4, -0.2) is 37.3 Å². The van der Waals surface area contributed by atoms with E-state index in [-0.39, 0.29) is 33.7 Å². The van der Waals surface area contributed by atoms with Crippen molar-refractivity contribution >= 4 is 9.84 Å². The Hall–Kier alpha value is -4.18. The maximum atomic E-state index is 13.7. The molecule has 3 aromatic carbocycles. The zero-order valence-corrected chi connectivity index (χ0v) is 22.0. The van der Waals surface area contributed by atoms with Gasteiger partial charge in [-0.2, -0.15) is 4.98 Å². The highest BCUT2D eigenvalue weighted by molar-refractivity contribution is 7.91.